The highest BCUT2D eigenvalue weighted by atomic mass is 15.3. The molecule has 0 aromatic heterocycles. The van der Waals surface area contributed by atoms with Crippen molar-refractivity contribution in [3.8, 4) is 0 Å². The van der Waals surface area contributed by atoms with Crippen LogP contribution in [0.3, 0.4) is 0 Å². The Morgan fingerprint density at radius 2 is 2.00 bits per heavy atom. The van der Waals surface area contributed by atoms with Gasteiger partial charge in [-0.3, -0.25) is 4.90 Å². The van der Waals surface area contributed by atoms with Crippen molar-refractivity contribution in [2.75, 3.05) is 19.6 Å². The fraction of sp³-hybridized carbons (Fsp3) is 0.667. The molecular formula is C18H28N2. The van der Waals surface area contributed by atoms with Gasteiger partial charge in [-0.2, -0.15) is 0 Å². The van der Waals surface area contributed by atoms with Crippen molar-refractivity contribution in [3.63, 3.8) is 0 Å². The molecule has 1 aromatic rings. The molecule has 110 valence electrons. The van der Waals surface area contributed by atoms with Crippen LogP contribution in [-0.4, -0.2) is 36.1 Å². The Kier molecular flexibility index (Phi) is 4.13. The number of nitrogens with one attached hydrogen (secondary N) is 1. The molecule has 1 saturated heterocycles. The smallest absolute Gasteiger partial charge is 0.0334 e. The fourth-order valence-electron chi connectivity index (χ4n) is 3.67. The number of piperazine rings is 1. The second kappa shape index (κ2) is 5.87. The molecule has 1 N–H and O–H groups in total. The van der Waals surface area contributed by atoms with Crippen molar-refractivity contribution in [3.05, 3.63) is 35.9 Å². The largest absolute Gasteiger partial charge is 0.311 e. The summed E-state index contributed by atoms with van der Waals surface area (Å²) in [6.07, 6.45) is 5.35. The van der Waals surface area contributed by atoms with Gasteiger partial charge >= 0.3 is 0 Å². The third kappa shape index (κ3) is 3.07. The molecular weight excluding hydrogens is 244 g/mol. The van der Waals surface area contributed by atoms with Crippen LogP contribution in [0.4, 0.5) is 0 Å². The van der Waals surface area contributed by atoms with E-state index in [2.05, 4.69) is 54.4 Å². The van der Waals surface area contributed by atoms with E-state index in [1.54, 1.807) is 0 Å². The van der Waals surface area contributed by atoms with Crippen LogP contribution in [0.1, 0.15) is 38.7 Å². The minimum Gasteiger partial charge on any atom is -0.311 e. The average molecular weight is 272 g/mol. The summed E-state index contributed by atoms with van der Waals surface area (Å²) in [6.45, 7) is 8.42. The van der Waals surface area contributed by atoms with Gasteiger partial charge < -0.3 is 5.32 Å². The highest BCUT2D eigenvalue weighted by molar-refractivity contribution is 5.14. The molecule has 0 amide bonds. The fourth-order valence-corrected chi connectivity index (χ4v) is 3.67. The van der Waals surface area contributed by atoms with Gasteiger partial charge in [0.1, 0.15) is 0 Å². The molecule has 2 fully saturated rings. The second-order valence-electron chi connectivity index (χ2n) is 6.95. The molecule has 0 bridgehead atoms. The number of hydrogen-bond donors (Lipinski definition) is 1. The third-order valence-electron chi connectivity index (χ3n) is 5.22. The lowest BCUT2D eigenvalue weighted by Crippen LogP contribution is -2.63. The minimum absolute atomic E-state index is 0.406. The van der Waals surface area contributed by atoms with Crippen LogP contribution in [0.5, 0.6) is 0 Å². The minimum atomic E-state index is 0.406. The molecule has 2 heteroatoms. The lowest BCUT2D eigenvalue weighted by atomic mass is 9.89. The Morgan fingerprint density at radius 1 is 1.25 bits per heavy atom. The maximum absolute atomic E-state index is 3.69. The van der Waals surface area contributed by atoms with Crippen molar-refractivity contribution in [1.29, 1.82) is 0 Å². The first-order valence-electron chi connectivity index (χ1n) is 8.21. The number of benzene rings is 1. The molecule has 1 saturated carbocycles. The molecule has 1 heterocycles. The SMILES string of the molecule is CC1CN(CCCc2ccccc2)C(C)(C2CC2)CN1. The van der Waals surface area contributed by atoms with Crippen molar-refractivity contribution >= 4 is 0 Å². The van der Waals surface area contributed by atoms with Gasteiger partial charge in [0.25, 0.3) is 0 Å². The summed E-state index contributed by atoms with van der Waals surface area (Å²) < 4.78 is 0. The van der Waals surface area contributed by atoms with E-state index in [4.69, 9.17) is 0 Å². The van der Waals surface area contributed by atoms with E-state index < -0.39 is 0 Å². The standard InChI is InChI=1S/C18H28N2/c1-15-13-20(18(2,14-19-15)17-10-11-17)12-6-9-16-7-4-3-5-8-16/h3-5,7-8,15,17,19H,6,9-14H2,1-2H3. The van der Waals surface area contributed by atoms with E-state index in [0.717, 1.165) is 5.92 Å². The summed E-state index contributed by atoms with van der Waals surface area (Å²) in [6, 6.07) is 11.5. The van der Waals surface area contributed by atoms with Gasteiger partial charge in [0, 0.05) is 24.7 Å². The Balaban J connectivity index is 1.56. The predicted octanol–water partition coefficient (Wildman–Crippen LogP) is 3.08. The van der Waals surface area contributed by atoms with Gasteiger partial charge in [0.15, 0.2) is 0 Å². The van der Waals surface area contributed by atoms with E-state index in [9.17, 15) is 0 Å². The first kappa shape index (κ1) is 14.1. The van der Waals surface area contributed by atoms with Gasteiger partial charge in [-0.15, -0.1) is 0 Å². The van der Waals surface area contributed by atoms with Crippen LogP contribution in [0.15, 0.2) is 30.3 Å². The maximum Gasteiger partial charge on any atom is 0.0334 e. The van der Waals surface area contributed by atoms with Crippen molar-refractivity contribution < 1.29 is 0 Å². The number of nitrogens with zero attached hydrogens (tertiary/aromatic N) is 1. The first-order valence-corrected chi connectivity index (χ1v) is 8.21. The predicted molar refractivity (Wildman–Crippen MR) is 84.9 cm³/mol. The van der Waals surface area contributed by atoms with Crippen LogP contribution in [0, 0.1) is 5.92 Å². The Morgan fingerprint density at radius 3 is 2.70 bits per heavy atom. The summed E-state index contributed by atoms with van der Waals surface area (Å²) in [7, 11) is 0. The van der Waals surface area contributed by atoms with Crippen LogP contribution < -0.4 is 5.32 Å². The Labute approximate surface area is 123 Å². The first-order chi connectivity index (χ1) is 9.68. The van der Waals surface area contributed by atoms with E-state index >= 15 is 0 Å². The number of rotatable bonds is 5. The molecule has 1 aliphatic carbocycles. The van der Waals surface area contributed by atoms with Crippen LogP contribution in [0.25, 0.3) is 0 Å². The van der Waals surface area contributed by atoms with E-state index in [-0.39, 0.29) is 0 Å². The van der Waals surface area contributed by atoms with E-state index in [1.807, 2.05) is 0 Å². The lowest BCUT2D eigenvalue weighted by molar-refractivity contribution is 0.0375. The van der Waals surface area contributed by atoms with Gasteiger partial charge in [-0.25, -0.2) is 0 Å². The number of aryl methyl sites for hydroxylation is 1. The Hall–Kier alpha value is -0.860. The zero-order valence-electron chi connectivity index (χ0n) is 12.9. The second-order valence-corrected chi connectivity index (χ2v) is 6.95. The van der Waals surface area contributed by atoms with Gasteiger partial charge in [-0.1, -0.05) is 30.3 Å². The zero-order chi connectivity index (χ0) is 14.0. The van der Waals surface area contributed by atoms with Crippen LogP contribution in [0.2, 0.25) is 0 Å². The van der Waals surface area contributed by atoms with Crippen LogP contribution >= 0.6 is 0 Å². The average Bonchev–Trinajstić information content (AvgIpc) is 3.29. The maximum atomic E-state index is 3.69. The molecule has 1 aliphatic heterocycles. The molecule has 0 spiro atoms. The normalized spacial score (nSPS) is 31.4. The van der Waals surface area contributed by atoms with E-state index in [0.29, 0.717) is 11.6 Å². The molecule has 1 aromatic carbocycles. The summed E-state index contributed by atoms with van der Waals surface area (Å²) in [5, 5.41) is 3.69. The van der Waals surface area contributed by atoms with Gasteiger partial charge in [0.05, 0.1) is 0 Å². The topological polar surface area (TPSA) is 15.3 Å². The molecule has 0 radical (unpaired) electrons. The van der Waals surface area contributed by atoms with Gasteiger partial charge in [-0.05, 0) is 57.6 Å². The molecule has 2 nitrogen and oxygen atoms in total. The molecule has 3 rings (SSSR count). The van der Waals surface area contributed by atoms with Crippen molar-refractivity contribution in [1.82, 2.24) is 10.2 Å². The van der Waals surface area contributed by atoms with Gasteiger partial charge in [0.2, 0.25) is 0 Å². The number of hydrogen-bond acceptors (Lipinski definition) is 2. The molecule has 2 atom stereocenters. The lowest BCUT2D eigenvalue weighted by Gasteiger charge is -2.48. The van der Waals surface area contributed by atoms with E-state index in [1.165, 1.54) is 50.9 Å². The summed E-state index contributed by atoms with van der Waals surface area (Å²) >= 11 is 0. The molecule has 20 heavy (non-hydrogen) atoms. The highest BCUT2D eigenvalue weighted by Crippen LogP contribution is 2.43. The monoisotopic (exact) mass is 272 g/mol. The highest BCUT2D eigenvalue weighted by Gasteiger charge is 2.47. The summed E-state index contributed by atoms with van der Waals surface area (Å²) in [5.41, 5.74) is 1.88. The quantitative estimate of drug-likeness (QED) is 0.886. The van der Waals surface area contributed by atoms with Crippen molar-refractivity contribution in [2.45, 2.75) is 51.1 Å². The van der Waals surface area contributed by atoms with Crippen molar-refractivity contribution in [2.24, 2.45) is 5.92 Å². The van der Waals surface area contributed by atoms with Crippen LogP contribution in [-0.2, 0) is 6.42 Å². The molecule has 2 aliphatic rings. The zero-order valence-corrected chi connectivity index (χ0v) is 12.9. The summed E-state index contributed by atoms with van der Waals surface area (Å²) in [5.74, 6) is 0.930. The third-order valence-corrected chi connectivity index (χ3v) is 5.22. The Bertz CT molecular complexity index is 426. The summed E-state index contributed by atoms with van der Waals surface area (Å²) in [4.78, 5) is 2.77. The molecule has 2 unspecified atom stereocenters.